The van der Waals surface area contributed by atoms with Gasteiger partial charge in [-0.05, 0) is 24.6 Å². The zero-order chi connectivity index (χ0) is 18.3. The summed E-state index contributed by atoms with van der Waals surface area (Å²) in [5, 5.41) is 2.82. The smallest absolute Gasteiger partial charge is 0.337 e. The van der Waals surface area contributed by atoms with Gasteiger partial charge >= 0.3 is 5.97 Å². The Balaban J connectivity index is 3.05. The number of carbonyl (C=O) groups is 2. The Morgan fingerprint density at radius 1 is 1.33 bits per heavy atom. The molecule has 1 N–H and O–H groups in total. The van der Waals surface area contributed by atoms with Crippen molar-refractivity contribution in [2.45, 2.75) is 19.8 Å². The number of ether oxygens (including phenoxy) is 1. The predicted octanol–water partition coefficient (Wildman–Crippen LogP) is 1.81. The van der Waals surface area contributed by atoms with Gasteiger partial charge < -0.3 is 10.1 Å². The maximum atomic E-state index is 12.1. The fourth-order valence-electron chi connectivity index (χ4n) is 2.03. The zero-order valence-electron chi connectivity index (χ0n) is 13.8. The van der Waals surface area contributed by atoms with E-state index in [1.54, 1.807) is 0 Å². The van der Waals surface area contributed by atoms with Crippen molar-refractivity contribution >= 4 is 39.2 Å². The molecule has 0 unspecified atom stereocenters. The van der Waals surface area contributed by atoms with Crippen molar-refractivity contribution in [1.82, 2.24) is 5.32 Å². The van der Waals surface area contributed by atoms with Crippen molar-refractivity contribution < 1.29 is 22.7 Å². The van der Waals surface area contributed by atoms with Crippen LogP contribution in [0.1, 0.15) is 30.1 Å². The molecule has 9 heteroatoms. The molecular weight excluding hydrogens is 356 g/mol. The summed E-state index contributed by atoms with van der Waals surface area (Å²) in [6.45, 7) is 2.00. The number of nitrogens with zero attached hydrogens (tertiary/aromatic N) is 1. The molecule has 24 heavy (non-hydrogen) atoms. The Morgan fingerprint density at radius 2 is 2.00 bits per heavy atom. The molecule has 0 saturated heterocycles. The number of halogens is 1. The van der Waals surface area contributed by atoms with Gasteiger partial charge in [-0.25, -0.2) is 13.2 Å². The number of amides is 1. The van der Waals surface area contributed by atoms with Crippen molar-refractivity contribution in [2.24, 2.45) is 0 Å². The predicted molar refractivity (Wildman–Crippen MR) is 92.9 cm³/mol. The third kappa shape index (κ3) is 5.68. The van der Waals surface area contributed by atoms with E-state index in [0.29, 0.717) is 12.8 Å². The standard InChI is InChI=1S/C15H21ClN2O5S/c1-4-5-14(19)17-8-9-18(24(3,21)22)13-10-11(15(20)23-2)6-7-12(13)16/h6-7,10H,4-5,8-9H2,1-3H3,(H,17,19). The van der Waals surface area contributed by atoms with Crippen LogP contribution in [-0.2, 0) is 19.6 Å². The van der Waals surface area contributed by atoms with Gasteiger partial charge in [-0.3, -0.25) is 9.10 Å². The van der Waals surface area contributed by atoms with Crippen LogP contribution >= 0.6 is 11.6 Å². The van der Waals surface area contributed by atoms with Crippen LogP contribution in [-0.4, -0.2) is 46.7 Å². The van der Waals surface area contributed by atoms with Crippen molar-refractivity contribution in [3.05, 3.63) is 28.8 Å². The summed E-state index contributed by atoms with van der Waals surface area (Å²) in [7, 11) is -2.42. The largest absolute Gasteiger partial charge is 0.465 e. The van der Waals surface area contributed by atoms with Crippen molar-refractivity contribution in [3.63, 3.8) is 0 Å². The lowest BCUT2D eigenvalue weighted by molar-refractivity contribution is -0.121. The van der Waals surface area contributed by atoms with Gasteiger partial charge in [-0.1, -0.05) is 18.5 Å². The zero-order valence-corrected chi connectivity index (χ0v) is 15.4. The van der Waals surface area contributed by atoms with Crippen LogP contribution in [0.2, 0.25) is 5.02 Å². The molecule has 0 aliphatic heterocycles. The molecule has 1 rings (SSSR count). The normalized spacial score (nSPS) is 11.0. The van der Waals surface area contributed by atoms with Gasteiger partial charge in [0.25, 0.3) is 0 Å². The molecule has 0 radical (unpaired) electrons. The van der Waals surface area contributed by atoms with Gasteiger partial charge in [0.05, 0.1) is 36.2 Å². The third-order valence-corrected chi connectivity index (χ3v) is 4.65. The molecule has 1 aromatic rings. The Kier molecular flexibility index (Phi) is 7.50. The Bertz CT molecular complexity index is 706. The van der Waals surface area contributed by atoms with E-state index in [4.69, 9.17) is 11.6 Å². The molecule has 0 spiro atoms. The van der Waals surface area contributed by atoms with Crippen LogP contribution in [0.4, 0.5) is 5.69 Å². The summed E-state index contributed by atoms with van der Waals surface area (Å²) in [5.41, 5.74) is 0.340. The van der Waals surface area contributed by atoms with Crippen LogP contribution in [0.25, 0.3) is 0 Å². The van der Waals surface area contributed by atoms with Crippen molar-refractivity contribution in [3.8, 4) is 0 Å². The minimum absolute atomic E-state index is 0.00136. The number of carbonyl (C=O) groups excluding carboxylic acids is 2. The average Bonchev–Trinajstić information content (AvgIpc) is 2.51. The van der Waals surface area contributed by atoms with E-state index in [2.05, 4.69) is 10.1 Å². The first-order chi connectivity index (χ1) is 11.2. The number of rotatable bonds is 8. The van der Waals surface area contributed by atoms with Crippen LogP contribution in [0, 0.1) is 0 Å². The summed E-state index contributed by atoms with van der Waals surface area (Å²) in [6, 6.07) is 4.22. The number of sulfonamides is 1. The van der Waals surface area contributed by atoms with E-state index in [1.165, 1.54) is 25.3 Å². The van der Waals surface area contributed by atoms with E-state index in [1.807, 2.05) is 6.92 Å². The van der Waals surface area contributed by atoms with Gasteiger partial charge in [0.2, 0.25) is 15.9 Å². The van der Waals surface area contributed by atoms with E-state index in [9.17, 15) is 18.0 Å². The van der Waals surface area contributed by atoms with E-state index in [0.717, 1.165) is 10.6 Å². The molecule has 0 heterocycles. The summed E-state index contributed by atoms with van der Waals surface area (Å²) in [4.78, 5) is 23.1. The summed E-state index contributed by atoms with van der Waals surface area (Å²) >= 11 is 6.09. The van der Waals surface area contributed by atoms with Crippen LogP contribution in [0.15, 0.2) is 18.2 Å². The lowest BCUT2D eigenvalue weighted by Crippen LogP contribution is -2.38. The highest BCUT2D eigenvalue weighted by atomic mass is 35.5. The highest BCUT2D eigenvalue weighted by Crippen LogP contribution is 2.29. The molecule has 0 aromatic heterocycles. The SMILES string of the molecule is CCCC(=O)NCCN(c1cc(C(=O)OC)ccc1Cl)S(C)(=O)=O. The number of hydrogen-bond donors (Lipinski definition) is 1. The molecule has 7 nitrogen and oxygen atoms in total. The number of anilines is 1. The number of esters is 1. The van der Waals surface area contributed by atoms with Crippen LogP contribution < -0.4 is 9.62 Å². The van der Waals surface area contributed by atoms with Gasteiger partial charge in [0.1, 0.15) is 0 Å². The number of nitrogens with one attached hydrogen (secondary N) is 1. The van der Waals surface area contributed by atoms with Gasteiger partial charge in [0, 0.05) is 13.0 Å². The average molecular weight is 377 g/mol. The summed E-state index contributed by atoms with van der Waals surface area (Å²) < 4.78 is 29.8. The van der Waals surface area contributed by atoms with Gasteiger partial charge in [0.15, 0.2) is 0 Å². The first kappa shape index (κ1) is 20.2. The van der Waals surface area contributed by atoms with Crippen molar-refractivity contribution in [2.75, 3.05) is 30.8 Å². The third-order valence-electron chi connectivity index (χ3n) is 3.15. The molecule has 134 valence electrons. The lowest BCUT2D eigenvalue weighted by atomic mass is 10.2. The second-order valence-electron chi connectivity index (χ2n) is 5.09. The molecule has 0 aliphatic rings. The highest BCUT2D eigenvalue weighted by molar-refractivity contribution is 7.92. The Morgan fingerprint density at radius 3 is 2.54 bits per heavy atom. The molecule has 0 fully saturated rings. The maximum absolute atomic E-state index is 12.1. The van der Waals surface area contributed by atoms with Crippen LogP contribution in [0.5, 0.6) is 0 Å². The molecular formula is C15H21ClN2O5S. The molecule has 1 aromatic carbocycles. The molecule has 0 saturated carbocycles. The second-order valence-corrected chi connectivity index (χ2v) is 7.41. The Hall–Kier alpha value is -1.80. The topological polar surface area (TPSA) is 92.8 Å². The quantitative estimate of drug-likeness (QED) is 0.698. The number of benzene rings is 1. The number of methoxy groups -OCH3 is 1. The summed E-state index contributed by atoms with van der Waals surface area (Å²) in [6.07, 6.45) is 2.11. The van der Waals surface area contributed by atoms with E-state index < -0.39 is 16.0 Å². The van der Waals surface area contributed by atoms with Crippen molar-refractivity contribution in [1.29, 1.82) is 0 Å². The minimum atomic E-state index is -3.65. The molecule has 0 aliphatic carbocycles. The highest BCUT2D eigenvalue weighted by Gasteiger charge is 2.21. The number of hydrogen-bond acceptors (Lipinski definition) is 5. The molecule has 0 atom stereocenters. The minimum Gasteiger partial charge on any atom is -0.465 e. The Labute approximate surface area is 147 Å². The van der Waals surface area contributed by atoms with Crippen LogP contribution in [0.3, 0.4) is 0 Å². The van der Waals surface area contributed by atoms with E-state index in [-0.39, 0.29) is 35.3 Å². The second kappa shape index (κ2) is 8.89. The lowest BCUT2D eigenvalue weighted by Gasteiger charge is -2.24. The molecule has 1 amide bonds. The van der Waals surface area contributed by atoms with Gasteiger partial charge in [-0.15, -0.1) is 0 Å². The molecule has 0 bridgehead atoms. The monoisotopic (exact) mass is 376 g/mol. The summed E-state index contributed by atoms with van der Waals surface area (Å²) in [5.74, 6) is -0.752. The maximum Gasteiger partial charge on any atom is 0.337 e. The fraction of sp³-hybridized carbons (Fsp3) is 0.467. The fourth-order valence-corrected chi connectivity index (χ4v) is 3.23. The van der Waals surface area contributed by atoms with Gasteiger partial charge in [-0.2, -0.15) is 0 Å². The first-order valence-corrected chi connectivity index (χ1v) is 9.55. The van der Waals surface area contributed by atoms with E-state index >= 15 is 0 Å². The first-order valence-electron chi connectivity index (χ1n) is 7.33.